The van der Waals surface area contributed by atoms with E-state index in [4.69, 9.17) is 24.0 Å². The Morgan fingerprint density at radius 3 is 2.33 bits per heavy atom. The van der Waals surface area contributed by atoms with Crippen molar-refractivity contribution in [3.8, 4) is 0 Å². The van der Waals surface area contributed by atoms with Gasteiger partial charge in [0.15, 0.2) is 12.8 Å². The van der Waals surface area contributed by atoms with Crippen LogP contribution in [0.1, 0.15) is 91.7 Å². The van der Waals surface area contributed by atoms with Gasteiger partial charge in [-0.05, 0) is 52.1 Å². The van der Waals surface area contributed by atoms with Gasteiger partial charge in [0.2, 0.25) is 11.8 Å². The lowest BCUT2D eigenvalue weighted by Gasteiger charge is -2.37. The van der Waals surface area contributed by atoms with E-state index in [-0.39, 0.29) is 53.7 Å². The number of carbonyl (C=O) groups is 6. The van der Waals surface area contributed by atoms with Gasteiger partial charge >= 0.3 is 25.5 Å². The first-order valence-electron chi connectivity index (χ1n) is 20.7. The van der Waals surface area contributed by atoms with E-state index in [1.54, 1.807) is 18.7 Å². The van der Waals surface area contributed by atoms with Crippen molar-refractivity contribution in [3.05, 3.63) is 22.7 Å². The van der Waals surface area contributed by atoms with E-state index in [1.807, 2.05) is 20.8 Å². The molecule has 1 aliphatic heterocycles. The number of carboxylic acids is 1. The van der Waals surface area contributed by atoms with Crippen LogP contribution in [0.25, 0.3) is 0 Å². The monoisotopic (exact) mass is 954 g/mol. The van der Waals surface area contributed by atoms with Crippen LogP contribution in [-0.2, 0) is 52.1 Å². The van der Waals surface area contributed by atoms with Crippen molar-refractivity contribution in [2.45, 2.75) is 132 Å². The first-order valence-corrected chi connectivity index (χ1v) is 24.3. The number of alkyl halides is 1. The quantitative estimate of drug-likeness (QED) is 0.0329. The fraction of sp³-hybridized carbons (Fsp3) is 0.737. The number of likely N-dealkylation sites (N-methyl/N-ethyl adjacent to an activating group) is 1. The SMILES string of the molecule is CCNC(CSC1CCC1SCC(NC(=O)CCC(C)(C)OCCCC(=O)CC)C(=O)NCCC(=O)OCC(=O)Nc1ccn(C2O[C@H](COP(=O)(O)O)CC2F)c(=O)n1)C(=O)O. The van der Waals surface area contributed by atoms with Gasteiger partial charge in [0.05, 0.1) is 24.7 Å². The number of phosphoric ester groups is 1. The number of carboxylic acid groups (broad SMARTS) is 1. The molecule has 1 saturated heterocycles. The molecule has 1 aliphatic carbocycles. The number of rotatable bonds is 30. The lowest BCUT2D eigenvalue weighted by atomic mass is 9.99. The van der Waals surface area contributed by atoms with Crippen LogP contribution >= 0.6 is 31.3 Å². The number of ketones is 1. The van der Waals surface area contributed by atoms with E-state index < -0.39 is 92.6 Å². The van der Waals surface area contributed by atoms with Crippen LogP contribution in [0.15, 0.2) is 17.1 Å². The first kappa shape index (κ1) is 53.9. The molecule has 0 bridgehead atoms. The number of thioether (sulfide) groups is 2. The summed E-state index contributed by atoms with van der Waals surface area (Å²) in [5.74, 6) is -3.09. The Morgan fingerprint density at radius 1 is 1.05 bits per heavy atom. The minimum absolute atomic E-state index is 0.0501. The number of hydrogen-bond acceptors (Lipinski definition) is 16. The van der Waals surface area contributed by atoms with Crippen molar-refractivity contribution in [2.75, 3.05) is 49.7 Å². The Balaban J connectivity index is 1.49. The highest BCUT2D eigenvalue weighted by molar-refractivity contribution is 8.04. The number of phosphoric acid groups is 1. The summed E-state index contributed by atoms with van der Waals surface area (Å²) in [7, 11) is -4.82. The summed E-state index contributed by atoms with van der Waals surface area (Å²) < 4.78 is 46.9. The molecule has 7 atom stereocenters. The van der Waals surface area contributed by atoms with E-state index in [1.165, 1.54) is 11.8 Å². The minimum Gasteiger partial charge on any atom is -0.480 e. The maximum Gasteiger partial charge on any atom is 0.469 e. The Kier molecular flexibility index (Phi) is 22.6. The Morgan fingerprint density at radius 2 is 1.73 bits per heavy atom. The van der Waals surface area contributed by atoms with E-state index in [0.717, 1.165) is 29.7 Å². The van der Waals surface area contributed by atoms with Crippen LogP contribution in [0.4, 0.5) is 10.2 Å². The molecule has 21 nitrogen and oxygen atoms in total. The van der Waals surface area contributed by atoms with Crippen LogP contribution in [0.3, 0.4) is 0 Å². The second-order valence-electron chi connectivity index (χ2n) is 15.4. The molecule has 2 aliphatic rings. The van der Waals surface area contributed by atoms with Gasteiger partial charge in [-0.15, -0.1) is 0 Å². The van der Waals surface area contributed by atoms with Crippen molar-refractivity contribution >= 4 is 72.6 Å². The summed E-state index contributed by atoms with van der Waals surface area (Å²) >= 11 is 3.05. The number of nitrogens with one attached hydrogen (secondary N) is 4. The molecular weight excluding hydrogens is 895 g/mol. The molecule has 0 spiro atoms. The Hall–Kier alpha value is -3.48. The third-order valence-corrected chi connectivity index (χ3v) is 13.6. The maximum absolute atomic E-state index is 14.6. The van der Waals surface area contributed by atoms with Gasteiger partial charge in [-0.2, -0.15) is 28.5 Å². The molecule has 25 heteroatoms. The standard InChI is InChI=1S/C38H60FN6O15PS2/c1-5-23(46)8-7-17-58-38(3,4)14-11-31(47)42-26(21-62-28-9-10-29(28)63-22-27(36(51)52)40-6-2)34(50)41-15-12-33(49)57-20-32(48)43-30-13-16-45(37(53)44-30)35-25(39)18-24(60-35)19-59-61(54,55)56/h13,16,24-29,35,40H,5-12,14-15,17-22H2,1-4H3,(H,41,50)(H,42,47)(H,51,52)(H2,54,55,56)(H,43,44,48,53)/t24-,25?,26?,27?,28?,29?,35?/m0/s1. The number of aromatic nitrogens is 2. The molecule has 7 N–H and O–H groups in total. The molecule has 1 aromatic heterocycles. The molecule has 0 aromatic carbocycles. The van der Waals surface area contributed by atoms with Crippen LogP contribution < -0.4 is 27.0 Å². The summed E-state index contributed by atoms with van der Waals surface area (Å²) in [5, 5.41) is 20.4. The number of hydrogen-bond donors (Lipinski definition) is 7. The summed E-state index contributed by atoms with van der Waals surface area (Å²) in [4.78, 5) is 109. The molecule has 0 radical (unpaired) electrons. The summed E-state index contributed by atoms with van der Waals surface area (Å²) in [6, 6.07) is -0.498. The number of carbonyl (C=O) groups excluding carboxylic acids is 5. The number of esters is 1. The van der Waals surface area contributed by atoms with Gasteiger partial charge < -0.3 is 50.4 Å². The normalized spacial score (nSPS) is 20.8. The van der Waals surface area contributed by atoms with Crippen LogP contribution in [-0.4, -0.2) is 145 Å². The predicted octanol–water partition coefficient (Wildman–Crippen LogP) is 1.85. The summed E-state index contributed by atoms with van der Waals surface area (Å²) in [6.07, 6.45) is -0.205. The van der Waals surface area contributed by atoms with Crippen molar-refractivity contribution < 1.29 is 71.4 Å². The zero-order valence-corrected chi connectivity index (χ0v) is 38.3. The third-order valence-electron chi connectivity index (χ3n) is 9.87. The lowest BCUT2D eigenvalue weighted by Crippen LogP contribution is -2.49. The van der Waals surface area contributed by atoms with E-state index >= 15 is 0 Å². The molecule has 1 saturated carbocycles. The average molecular weight is 955 g/mol. The number of ether oxygens (including phenoxy) is 3. The predicted molar refractivity (Wildman–Crippen MR) is 230 cm³/mol. The fourth-order valence-corrected chi connectivity index (χ4v) is 9.68. The van der Waals surface area contributed by atoms with E-state index in [0.29, 0.717) is 44.6 Å². The molecule has 63 heavy (non-hydrogen) atoms. The molecule has 3 amide bonds. The van der Waals surface area contributed by atoms with Gasteiger partial charge in [-0.1, -0.05) is 13.8 Å². The van der Waals surface area contributed by atoms with E-state index in [2.05, 4.69) is 30.8 Å². The van der Waals surface area contributed by atoms with Crippen LogP contribution in [0.5, 0.6) is 0 Å². The number of nitrogens with zero attached hydrogens (tertiary/aromatic N) is 2. The van der Waals surface area contributed by atoms with Crippen molar-refractivity contribution in [3.63, 3.8) is 0 Å². The summed E-state index contributed by atoms with van der Waals surface area (Å²) in [5.41, 5.74) is -1.68. The molecule has 1 aromatic rings. The molecule has 2 fully saturated rings. The van der Waals surface area contributed by atoms with E-state index in [9.17, 15) is 47.6 Å². The number of halogens is 1. The zero-order chi connectivity index (χ0) is 46.7. The second kappa shape index (κ2) is 26.5. The number of anilines is 1. The first-order chi connectivity index (χ1) is 29.7. The molecular formula is C38H60FN6O15PS2. The topological polar surface area (TPSA) is 300 Å². The van der Waals surface area contributed by atoms with Crippen molar-refractivity contribution in [2.24, 2.45) is 0 Å². The van der Waals surface area contributed by atoms with Crippen molar-refractivity contribution in [1.29, 1.82) is 0 Å². The lowest BCUT2D eigenvalue weighted by molar-refractivity contribution is -0.147. The highest BCUT2D eigenvalue weighted by Crippen LogP contribution is 2.41. The molecule has 2 heterocycles. The minimum atomic E-state index is -4.82. The molecule has 6 unspecified atom stereocenters. The summed E-state index contributed by atoms with van der Waals surface area (Å²) in [6.45, 7) is 6.61. The highest BCUT2D eigenvalue weighted by Gasteiger charge is 2.39. The van der Waals surface area contributed by atoms with Gasteiger partial charge in [0, 0.05) is 67.0 Å². The second-order valence-corrected chi connectivity index (χ2v) is 19.2. The average Bonchev–Trinajstić information content (AvgIpc) is 3.58. The number of amides is 3. The van der Waals surface area contributed by atoms with Crippen LogP contribution in [0, 0.1) is 0 Å². The van der Waals surface area contributed by atoms with Crippen molar-refractivity contribution in [1.82, 2.24) is 25.5 Å². The number of Topliss-reactive ketones (excluding diaryl/α,β-unsaturated/α-hetero) is 1. The molecule has 356 valence electrons. The number of aliphatic carboxylic acids is 1. The Bertz CT molecular complexity index is 1820. The molecule has 3 rings (SSSR count). The smallest absolute Gasteiger partial charge is 0.469 e. The van der Waals surface area contributed by atoms with Gasteiger partial charge in [0.1, 0.15) is 29.9 Å². The van der Waals surface area contributed by atoms with Gasteiger partial charge in [0.25, 0.3) is 5.91 Å². The third kappa shape index (κ3) is 20.1. The largest absolute Gasteiger partial charge is 0.480 e. The fourth-order valence-electron chi connectivity index (χ4n) is 6.17. The highest BCUT2D eigenvalue weighted by atomic mass is 32.2. The van der Waals surface area contributed by atoms with Gasteiger partial charge in [-0.3, -0.25) is 37.9 Å². The van der Waals surface area contributed by atoms with Crippen LogP contribution in [0.2, 0.25) is 0 Å². The Labute approximate surface area is 373 Å². The zero-order valence-electron chi connectivity index (χ0n) is 35.8. The van der Waals surface area contributed by atoms with Gasteiger partial charge in [-0.25, -0.2) is 13.8 Å². The maximum atomic E-state index is 14.6.